The molecule has 0 aliphatic heterocycles. The van der Waals surface area contributed by atoms with E-state index < -0.39 is 0 Å². The fourth-order valence-corrected chi connectivity index (χ4v) is 5.24. The second-order valence-corrected chi connectivity index (χ2v) is 9.50. The van der Waals surface area contributed by atoms with Crippen LogP contribution in [0.25, 0.3) is 43.8 Å². The molecule has 7 rings (SSSR count). The van der Waals surface area contributed by atoms with E-state index >= 15 is 0 Å². The van der Waals surface area contributed by atoms with E-state index in [1.54, 1.807) is 0 Å². The normalized spacial score (nSPS) is 12.5. The Morgan fingerprint density at radius 1 is 0.462 bits per heavy atom. The van der Waals surface area contributed by atoms with Gasteiger partial charge in [-0.25, -0.2) is 0 Å². The molecule has 7 aromatic rings. The minimum Gasteiger partial charge on any atom is -0.309 e. The van der Waals surface area contributed by atoms with Gasteiger partial charge in [-0.3, -0.25) is 0 Å². The molecule has 0 N–H and O–H groups in total. The number of fused-ring (bicyclic) bond motifs is 2. The van der Waals surface area contributed by atoms with Gasteiger partial charge in [-0.05, 0) is 63.1 Å². The highest BCUT2D eigenvalue weighted by molar-refractivity contribution is 6.01. The van der Waals surface area contributed by atoms with Gasteiger partial charge in [0.05, 0.1) is 16.9 Å². The van der Waals surface area contributed by atoms with Gasteiger partial charge >= 0.3 is 0 Å². The van der Waals surface area contributed by atoms with E-state index in [0.717, 1.165) is 44.0 Å². The molecule has 0 unspecified atom stereocenters. The Hall–Kier alpha value is -5.14. The quantitative estimate of drug-likeness (QED) is 0.227. The van der Waals surface area contributed by atoms with Gasteiger partial charge in [0.2, 0.25) is 0 Å². The summed E-state index contributed by atoms with van der Waals surface area (Å²) in [6.45, 7) is 0. The zero-order chi connectivity index (χ0) is 29.5. The van der Waals surface area contributed by atoms with Gasteiger partial charge in [-0.15, -0.1) is 0 Å². The maximum absolute atomic E-state index is 9.62. The third-order valence-electron chi connectivity index (χ3n) is 7.11. The molecule has 0 bridgehead atoms. The van der Waals surface area contributed by atoms with E-state index in [2.05, 4.69) is 0 Å². The van der Waals surface area contributed by atoms with Crippen molar-refractivity contribution >= 4 is 38.6 Å². The van der Waals surface area contributed by atoms with Gasteiger partial charge < -0.3 is 4.90 Å². The lowest BCUT2D eigenvalue weighted by Gasteiger charge is -2.29. The Morgan fingerprint density at radius 2 is 1.15 bits per heavy atom. The molecule has 1 heteroatoms. The highest BCUT2D eigenvalue weighted by Crippen LogP contribution is 2.44. The molecule has 0 aliphatic rings. The van der Waals surface area contributed by atoms with Crippen molar-refractivity contribution in [3.05, 3.63) is 164 Å². The zero-order valence-corrected chi connectivity index (χ0v) is 21.2. The number of hydrogen-bond acceptors (Lipinski definition) is 1. The number of para-hydroxylation sites is 1. The van der Waals surface area contributed by atoms with Crippen LogP contribution in [-0.4, -0.2) is 0 Å². The Kier molecular flexibility index (Phi) is 4.86. The topological polar surface area (TPSA) is 3.24 Å². The molecule has 0 saturated heterocycles. The fourth-order valence-electron chi connectivity index (χ4n) is 5.24. The molecule has 0 radical (unpaired) electrons. The van der Waals surface area contributed by atoms with Crippen molar-refractivity contribution in [3.8, 4) is 22.3 Å². The molecule has 184 valence electrons. The molecule has 0 aliphatic carbocycles. The molecule has 0 fully saturated rings. The van der Waals surface area contributed by atoms with Gasteiger partial charge in [0.1, 0.15) is 0 Å². The molecule has 0 spiro atoms. The zero-order valence-electron chi connectivity index (χ0n) is 25.2. The first-order valence-electron chi connectivity index (χ1n) is 15.0. The summed E-state index contributed by atoms with van der Waals surface area (Å²) in [6, 6.07) is 45.5. The first-order chi connectivity index (χ1) is 21.0. The Labute approximate surface area is 234 Å². The van der Waals surface area contributed by atoms with E-state index in [0.29, 0.717) is 11.1 Å². The van der Waals surface area contributed by atoms with Crippen LogP contribution in [-0.2, 0) is 0 Å². The molecular weight excluding hydrogens is 470 g/mol. The van der Waals surface area contributed by atoms with Crippen LogP contribution in [0.1, 0.15) is 5.48 Å². The summed E-state index contributed by atoms with van der Waals surface area (Å²) in [6.07, 6.45) is 0. The second-order valence-electron chi connectivity index (χ2n) is 9.50. The van der Waals surface area contributed by atoms with Crippen molar-refractivity contribution in [1.29, 1.82) is 0 Å². The van der Waals surface area contributed by atoms with E-state index in [-0.39, 0.29) is 29.9 Å². The third kappa shape index (κ3) is 4.35. The van der Waals surface area contributed by atoms with Crippen molar-refractivity contribution in [3.63, 3.8) is 0 Å². The van der Waals surface area contributed by atoms with Gasteiger partial charge in [0.15, 0.2) is 0 Å². The fraction of sp³-hybridized carbons (Fsp3) is 0. The summed E-state index contributed by atoms with van der Waals surface area (Å²) in [4.78, 5) is 1.94. The van der Waals surface area contributed by atoms with E-state index in [1.807, 2.05) is 144 Å². The van der Waals surface area contributed by atoms with Crippen molar-refractivity contribution in [2.75, 3.05) is 4.90 Å². The number of anilines is 3. The largest absolute Gasteiger partial charge is 0.309 e. The number of nitrogens with zero attached hydrogens (tertiary/aromatic N) is 1. The average Bonchev–Trinajstić information content (AvgIpc) is 3.06. The number of hydrogen-bond donors (Lipinski definition) is 0. The Balaban J connectivity index is 1.58. The third-order valence-corrected chi connectivity index (χ3v) is 7.11. The molecule has 0 aromatic heterocycles. The van der Waals surface area contributed by atoms with Crippen molar-refractivity contribution < 1.29 is 5.48 Å². The van der Waals surface area contributed by atoms with Gasteiger partial charge in [0, 0.05) is 16.6 Å². The Morgan fingerprint density at radius 3 is 2.05 bits per heavy atom. The van der Waals surface area contributed by atoms with Gasteiger partial charge in [0.25, 0.3) is 0 Å². The lowest BCUT2D eigenvalue weighted by Crippen LogP contribution is -2.11. The summed E-state index contributed by atoms with van der Waals surface area (Å²) in [5.41, 5.74) is 4.80. The van der Waals surface area contributed by atoms with Gasteiger partial charge in [-0.1, -0.05) is 133 Å². The molecule has 0 saturated carbocycles. The molecular formula is C38H27N. The predicted molar refractivity (Wildman–Crippen MR) is 167 cm³/mol. The molecule has 39 heavy (non-hydrogen) atoms. The van der Waals surface area contributed by atoms with Crippen LogP contribution in [0.3, 0.4) is 0 Å². The SMILES string of the molecule is [2H]c1c([2H])c(-c2ccc3ccccc3c2)c([2H])c(N(c2ccccc2-c2ccccc2)c2cccc3ccccc23)c1[2H]. The standard InChI is InChI=1S/C38H27N/c1-2-13-29(14-3-1)35-21-8-9-22-37(35)39(38-23-11-17-30-15-6-7-20-36(30)38)34-19-10-18-32(27-34)33-25-24-28-12-4-5-16-31(28)26-33/h1-27H/i10D,18D,19D,27D. The van der Waals surface area contributed by atoms with E-state index in [1.165, 1.54) is 0 Å². The molecule has 0 heterocycles. The minimum atomic E-state index is -0.211. The summed E-state index contributed by atoms with van der Waals surface area (Å²) < 4.78 is 36.7. The lowest BCUT2D eigenvalue weighted by molar-refractivity contribution is 1.30. The second kappa shape index (κ2) is 9.96. The van der Waals surface area contributed by atoms with Crippen LogP contribution in [0.15, 0.2) is 164 Å². The first kappa shape index (κ1) is 19.0. The van der Waals surface area contributed by atoms with Crippen LogP contribution in [0.4, 0.5) is 17.1 Å². The van der Waals surface area contributed by atoms with Crippen LogP contribution in [0.5, 0.6) is 0 Å². The maximum atomic E-state index is 9.62. The Bertz CT molecular complexity index is 2130. The molecule has 0 amide bonds. The summed E-state index contributed by atoms with van der Waals surface area (Å²) in [7, 11) is 0. The van der Waals surface area contributed by atoms with Crippen molar-refractivity contribution in [2.24, 2.45) is 0 Å². The predicted octanol–water partition coefficient (Wildman–Crippen LogP) is 10.8. The van der Waals surface area contributed by atoms with Crippen molar-refractivity contribution in [2.45, 2.75) is 0 Å². The monoisotopic (exact) mass is 501 g/mol. The molecule has 1 nitrogen and oxygen atoms in total. The first-order valence-corrected chi connectivity index (χ1v) is 13.0. The van der Waals surface area contributed by atoms with Crippen molar-refractivity contribution in [1.82, 2.24) is 0 Å². The smallest absolute Gasteiger partial charge is 0.0651 e. The maximum Gasteiger partial charge on any atom is 0.0651 e. The average molecular weight is 502 g/mol. The van der Waals surface area contributed by atoms with Crippen LogP contribution < -0.4 is 4.90 Å². The summed E-state index contributed by atoms with van der Waals surface area (Å²) in [5, 5.41) is 4.03. The van der Waals surface area contributed by atoms with Gasteiger partial charge in [-0.2, -0.15) is 0 Å². The molecule has 0 atom stereocenters. The highest BCUT2D eigenvalue weighted by Gasteiger charge is 2.19. The number of rotatable bonds is 5. The van der Waals surface area contributed by atoms with Crippen LogP contribution >= 0.6 is 0 Å². The summed E-state index contributed by atoms with van der Waals surface area (Å²) >= 11 is 0. The number of benzene rings is 7. The minimum absolute atomic E-state index is 0.0390. The van der Waals surface area contributed by atoms with Crippen LogP contribution in [0.2, 0.25) is 0 Å². The molecule has 7 aromatic carbocycles. The summed E-state index contributed by atoms with van der Waals surface area (Å²) in [5.74, 6) is 0. The van der Waals surface area contributed by atoms with E-state index in [4.69, 9.17) is 2.74 Å². The highest BCUT2D eigenvalue weighted by atomic mass is 15.1. The van der Waals surface area contributed by atoms with Crippen LogP contribution in [0, 0.1) is 0 Å². The lowest BCUT2D eigenvalue weighted by atomic mass is 9.98. The van der Waals surface area contributed by atoms with E-state index in [9.17, 15) is 2.74 Å².